The van der Waals surface area contributed by atoms with E-state index in [1.165, 1.54) is 0 Å². The first-order valence-corrected chi connectivity index (χ1v) is 8.03. The maximum atomic E-state index is 9.69. The van der Waals surface area contributed by atoms with Crippen molar-refractivity contribution in [2.24, 2.45) is 0 Å². The van der Waals surface area contributed by atoms with Gasteiger partial charge in [0.25, 0.3) is 0 Å². The Kier molecular flexibility index (Phi) is 4.47. The van der Waals surface area contributed by atoms with Crippen LogP contribution in [0.1, 0.15) is 11.4 Å². The van der Waals surface area contributed by atoms with Crippen molar-refractivity contribution in [1.29, 1.82) is 5.26 Å². The molecule has 1 aromatic heterocycles. The molecule has 24 heavy (non-hydrogen) atoms. The van der Waals surface area contributed by atoms with Crippen LogP contribution in [0.5, 0.6) is 11.5 Å². The molecule has 0 saturated carbocycles. The number of aromatic hydroxyl groups is 1. The van der Waals surface area contributed by atoms with Gasteiger partial charge in [0.2, 0.25) is 0 Å². The number of nitrogens with zero attached hydrogens (tertiary/aromatic N) is 2. The second-order valence-electron chi connectivity index (χ2n) is 4.97. The number of aromatic nitrogens is 2. The molecule has 1 heterocycles. The average molecular weight is 405 g/mol. The molecule has 3 aromatic rings. The van der Waals surface area contributed by atoms with Crippen LogP contribution in [-0.2, 0) is 0 Å². The third-order valence-corrected chi connectivity index (χ3v) is 4.31. The van der Waals surface area contributed by atoms with Gasteiger partial charge in [0.1, 0.15) is 23.4 Å². The van der Waals surface area contributed by atoms with Crippen LogP contribution < -0.4 is 4.74 Å². The molecule has 0 spiro atoms. The van der Waals surface area contributed by atoms with Crippen molar-refractivity contribution >= 4 is 50.2 Å². The lowest BCUT2D eigenvalue weighted by Crippen LogP contribution is -1.85. The fourth-order valence-corrected chi connectivity index (χ4v) is 3.05. The molecular formula is C17H11BrClN3O2. The maximum absolute atomic E-state index is 9.69. The molecule has 120 valence electrons. The number of benzene rings is 2. The SMILES string of the molecule is COc1ccc2nc(C(C#N)=Cc3cc(Cl)c(O)c(Br)c3)[nH]c2c1. The van der Waals surface area contributed by atoms with Gasteiger partial charge in [-0.2, -0.15) is 5.26 Å². The van der Waals surface area contributed by atoms with E-state index in [1.54, 1.807) is 31.4 Å². The number of rotatable bonds is 3. The number of nitriles is 1. The van der Waals surface area contributed by atoms with E-state index >= 15 is 0 Å². The maximum Gasteiger partial charge on any atom is 0.149 e. The van der Waals surface area contributed by atoms with Gasteiger partial charge >= 0.3 is 0 Å². The summed E-state index contributed by atoms with van der Waals surface area (Å²) < 4.78 is 5.63. The normalized spacial score (nSPS) is 11.5. The van der Waals surface area contributed by atoms with Gasteiger partial charge in [-0.25, -0.2) is 4.98 Å². The van der Waals surface area contributed by atoms with Gasteiger partial charge in [-0.1, -0.05) is 11.6 Å². The van der Waals surface area contributed by atoms with Crippen LogP contribution in [0.3, 0.4) is 0 Å². The molecule has 0 fully saturated rings. The van der Waals surface area contributed by atoms with Crippen LogP contribution in [0.25, 0.3) is 22.7 Å². The number of nitrogens with one attached hydrogen (secondary N) is 1. The number of methoxy groups -OCH3 is 1. The van der Waals surface area contributed by atoms with E-state index in [0.29, 0.717) is 27.2 Å². The number of hydrogen-bond donors (Lipinski definition) is 2. The van der Waals surface area contributed by atoms with Crippen molar-refractivity contribution in [1.82, 2.24) is 9.97 Å². The van der Waals surface area contributed by atoms with E-state index in [0.717, 1.165) is 11.0 Å². The summed E-state index contributed by atoms with van der Waals surface area (Å²) in [6, 6.07) is 10.8. The van der Waals surface area contributed by atoms with Crippen LogP contribution in [0.4, 0.5) is 0 Å². The second-order valence-corrected chi connectivity index (χ2v) is 6.23. The Morgan fingerprint density at radius 1 is 1.42 bits per heavy atom. The summed E-state index contributed by atoms with van der Waals surface area (Å²) in [5.74, 6) is 1.11. The van der Waals surface area contributed by atoms with Crippen molar-refractivity contribution in [2.75, 3.05) is 7.11 Å². The van der Waals surface area contributed by atoms with Crippen LogP contribution in [0.2, 0.25) is 5.02 Å². The van der Waals surface area contributed by atoms with E-state index in [4.69, 9.17) is 16.3 Å². The minimum atomic E-state index is -0.0387. The molecule has 0 saturated heterocycles. The zero-order valence-electron chi connectivity index (χ0n) is 12.5. The highest BCUT2D eigenvalue weighted by atomic mass is 79.9. The standard InChI is InChI=1S/C17H11BrClN3O2/c1-24-11-2-3-14-15(7-11)22-17(21-14)10(8-20)4-9-5-12(18)16(23)13(19)6-9/h2-7,23H,1H3,(H,21,22). The largest absolute Gasteiger partial charge is 0.505 e. The molecule has 0 bridgehead atoms. The topological polar surface area (TPSA) is 81.9 Å². The first kappa shape index (κ1) is 16.4. The highest BCUT2D eigenvalue weighted by Gasteiger charge is 2.11. The van der Waals surface area contributed by atoms with Crippen molar-refractivity contribution in [3.8, 4) is 17.6 Å². The number of allylic oxidation sites excluding steroid dienone is 1. The van der Waals surface area contributed by atoms with Gasteiger partial charge in [-0.3, -0.25) is 0 Å². The lowest BCUT2D eigenvalue weighted by Gasteiger charge is -2.02. The molecule has 0 radical (unpaired) electrons. The minimum Gasteiger partial charge on any atom is -0.505 e. The Hall–Kier alpha value is -2.49. The molecule has 0 aliphatic heterocycles. The summed E-state index contributed by atoms with van der Waals surface area (Å²) in [6.45, 7) is 0. The number of aromatic amines is 1. The summed E-state index contributed by atoms with van der Waals surface area (Å²) in [4.78, 5) is 7.53. The predicted octanol–water partition coefficient (Wildman–Crippen LogP) is 4.76. The molecule has 2 aromatic carbocycles. The van der Waals surface area contributed by atoms with E-state index in [9.17, 15) is 10.4 Å². The Bertz CT molecular complexity index is 982. The highest BCUT2D eigenvalue weighted by molar-refractivity contribution is 9.10. The molecule has 0 unspecified atom stereocenters. The number of H-pyrrole nitrogens is 1. The lowest BCUT2D eigenvalue weighted by molar-refractivity contribution is 0.415. The number of fused-ring (bicyclic) bond motifs is 1. The molecule has 0 amide bonds. The summed E-state index contributed by atoms with van der Waals surface area (Å²) >= 11 is 9.18. The van der Waals surface area contributed by atoms with Crippen molar-refractivity contribution in [2.45, 2.75) is 0 Å². The molecule has 0 aliphatic carbocycles. The van der Waals surface area contributed by atoms with Gasteiger partial charge in [0, 0.05) is 6.07 Å². The summed E-state index contributed by atoms with van der Waals surface area (Å²) in [7, 11) is 1.59. The fraction of sp³-hybridized carbons (Fsp3) is 0.0588. The summed E-state index contributed by atoms with van der Waals surface area (Å²) in [6.07, 6.45) is 1.64. The first-order valence-electron chi connectivity index (χ1n) is 6.85. The average Bonchev–Trinajstić information content (AvgIpc) is 3.00. The van der Waals surface area contributed by atoms with Crippen molar-refractivity contribution in [3.63, 3.8) is 0 Å². The number of hydrogen-bond acceptors (Lipinski definition) is 4. The van der Waals surface area contributed by atoms with E-state index in [2.05, 4.69) is 32.0 Å². The second kappa shape index (κ2) is 6.56. The minimum absolute atomic E-state index is 0.0387. The van der Waals surface area contributed by atoms with E-state index in [1.807, 2.05) is 12.1 Å². The summed E-state index contributed by atoms with van der Waals surface area (Å²) in [5.41, 5.74) is 2.52. The number of phenols is 1. The van der Waals surface area contributed by atoms with Crippen molar-refractivity contribution in [3.05, 3.63) is 51.2 Å². The third-order valence-electron chi connectivity index (χ3n) is 3.41. The van der Waals surface area contributed by atoms with Gasteiger partial charge in [0.15, 0.2) is 0 Å². The Balaban J connectivity index is 2.07. The zero-order chi connectivity index (χ0) is 17.3. The van der Waals surface area contributed by atoms with Gasteiger partial charge in [0.05, 0.1) is 33.2 Å². The van der Waals surface area contributed by atoms with Gasteiger partial charge in [-0.15, -0.1) is 0 Å². The molecule has 2 N–H and O–H groups in total. The predicted molar refractivity (Wildman–Crippen MR) is 96.9 cm³/mol. The van der Waals surface area contributed by atoms with Gasteiger partial charge in [-0.05, 0) is 51.8 Å². The van der Waals surface area contributed by atoms with Crippen LogP contribution in [0.15, 0.2) is 34.8 Å². The lowest BCUT2D eigenvalue weighted by atomic mass is 10.1. The molecule has 7 heteroatoms. The Morgan fingerprint density at radius 2 is 2.21 bits per heavy atom. The number of phenolic OH excluding ortho intramolecular Hbond substituents is 1. The number of halogens is 2. The van der Waals surface area contributed by atoms with Crippen molar-refractivity contribution < 1.29 is 9.84 Å². The highest BCUT2D eigenvalue weighted by Crippen LogP contribution is 2.34. The van der Waals surface area contributed by atoms with E-state index < -0.39 is 0 Å². The third kappa shape index (κ3) is 3.09. The van der Waals surface area contributed by atoms with Crippen LogP contribution in [0, 0.1) is 11.3 Å². The Labute approximate surface area is 151 Å². The molecule has 5 nitrogen and oxygen atoms in total. The number of ether oxygens (including phenoxy) is 1. The molecule has 3 rings (SSSR count). The molecule has 0 atom stereocenters. The quantitative estimate of drug-likeness (QED) is 0.617. The zero-order valence-corrected chi connectivity index (χ0v) is 14.8. The first-order chi connectivity index (χ1) is 11.5. The van der Waals surface area contributed by atoms with Crippen LogP contribution >= 0.6 is 27.5 Å². The fourth-order valence-electron chi connectivity index (χ4n) is 2.23. The molecular weight excluding hydrogens is 394 g/mol. The van der Waals surface area contributed by atoms with Crippen LogP contribution in [-0.4, -0.2) is 22.2 Å². The number of imidazole rings is 1. The summed E-state index contributed by atoms with van der Waals surface area (Å²) in [5, 5.41) is 19.3. The molecule has 0 aliphatic rings. The van der Waals surface area contributed by atoms with E-state index in [-0.39, 0.29) is 10.8 Å². The monoisotopic (exact) mass is 403 g/mol. The van der Waals surface area contributed by atoms with Gasteiger partial charge < -0.3 is 14.8 Å². The Morgan fingerprint density at radius 3 is 2.88 bits per heavy atom. The smallest absolute Gasteiger partial charge is 0.149 e.